The third-order valence-electron chi connectivity index (χ3n) is 4.05. The molecule has 0 aromatic heterocycles. The van der Waals surface area contributed by atoms with Crippen LogP contribution in [0.15, 0.2) is 47.4 Å². The largest absolute Gasteiger partial charge is 0.452 e. The number of halogens is 1. The van der Waals surface area contributed by atoms with Crippen LogP contribution in [0.25, 0.3) is 0 Å². The van der Waals surface area contributed by atoms with Crippen molar-refractivity contribution in [2.24, 2.45) is 0 Å². The molecule has 28 heavy (non-hydrogen) atoms. The Balaban J connectivity index is 1.55. The Labute approximate surface area is 172 Å². The first-order chi connectivity index (χ1) is 13.5. The molecular formula is C20H19ClN2O4S. The van der Waals surface area contributed by atoms with Crippen molar-refractivity contribution in [3.05, 3.63) is 58.6 Å². The van der Waals surface area contributed by atoms with Crippen LogP contribution >= 0.6 is 23.4 Å². The summed E-state index contributed by atoms with van der Waals surface area (Å²) in [7, 11) is 0. The van der Waals surface area contributed by atoms with E-state index in [0.29, 0.717) is 11.3 Å². The van der Waals surface area contributed by atoms with Gasteiger partial charge in [-0.05, 0) is 55.5 Å². The van der Waals surface area contributed by atoms with E-state index in [0.717, 1.165) is 17.7 Å². The quantitative estimate of drug-likeness (QED) is 0.528. The van der Waals surface area contributed by atoms with E-state index in [1.165, 1.54) is 11.8 Å². The summed E-state index contributed by atoms with van der Waals surface area (Å²) in [5, 5.41) is 5.77. The molecule has 0 atom stereocenters. The number of nitrogens with one attached hydrogen (secondary N) is 2. The van der Waals surface area contributed by atoms with Gasteiger partial charge in [0.25, 0.3) is 11.8 Å². The predicted molar refractivity (Wildman–Crippen MR) is 109 cm³/mol. The van der Waals surface area contributed by atoms with Gasteiger partial charge in [0.1, 0.15) is 0 Å². The lowest BCUT2D eigenvalue weighted by Crippen LogP contribution is -2.25. The van der Waals surface area contributed by atoms with Gasteiger partial charge in [0.05, 0.1) is 10.6 Å². The molecular weight excluding hydrogens is 400 g/mol. The van der Waals surface area contributed by atoms with Crippen LogP contribution in [-0.4, -0.2) is 36.7 Å². The van der Waals surface area contributed by atoms with Crippen molar-refractivity contribution < 1.29 is 19.1 Å². The van der Waals surface area contributed by atoms with Crippen molar-refractivity contribution in [2.75, 3.05) is 18.2 Å². The van der Waals surface area contributed by atoms with Crippen LogP contribution in [0, 0.1) is 0 Å². The Kier molecular flexibility index (Phi) is 6.59. The van der Waals surface area contributed by atoms with Crippen LogP contribution in [0.3, 0.4) is 0 Å². The van der Waals surface area contributed by atoms with Gasteiger partial charge < -0.3 is 15.4 Å². The van der Waals surface area contributed by atoms with E-state index in [1.54, 1.807) is 42.5 Å². The van der Waals surface area contributed by atoms with Crippen molar-refractivity contribution in [2.45, 2.75) is 23.8 Å². The molecule has 1 aliphatic rings. The third kappa shape index (κ3) is 5.50. The summed E-state index contributed by atoms with van der Waals surface area (Å²) in [6.07, 6.45) is 3.87. The minimum Gasteiger partial charge on any atom is -0.452 e. The highest BCUT2D eigenvalue weighted by Crippen LogP contribution is 2.24. The molecule has 6 nitrogen and oxygen atoms in total. The first kappa shape index (κ1) is 20.2. The number of rotatable bonds is 7. The maximum absolute atomic E-state index is 12.2. The Morgan fingerprint density at radius 2 is 1.96 bits per heavy atom. The lowest BCUT2D eigenvalue weighted by molar-refractivity contribution is -0.119. The van der Waals surface area contributed by atoms with Crippen LogP contribution < -0.4 is 10.6 Å². The Morgan fingerprint density at radius 3 is 2.68 bits per heavy atom. The highest BCUT2D eigenvalue weighted by molar-refractivity contribution is 7.98. The SMILES string of the molecule is CSc1ccc(Cl)c(C(=O)OCC(=O)Nc2cccc(C(=O)NC3CC3)c2)c1. The van der Waals surface area contributed by atoms with E-state index >= 15 is 0 Å². The maximum atomic E-state index is 12.2. The lowest BCUT2D eigenvalue weighted by atomic mass is 10.2. The molecule has 2 amide bonds. The monoisotopic (exact) mass is 418 g/mol. The number of hydrogen-bond acceptors (Lipinski definition) is 5. The Morgan fingerprint density at radius 1 is 1.18 bits per heavy atom. The van der Waals surface area contributed by atoms with E-state index in [2.05, 4.69) is 10.6 Å². The van der Waals surface area contributed by atoms with Gasteiger partial charge in [-0.3, -0.25) is 9.59 Å². The molecule has 2 aromatic carbocycles. The van der Waals surface area contributed by atoms with E-state index in [4.69, 9.17) is 16.3 Å². The van der Waals surface area contributed by atoms with Crippen molar-refractivity contribution >= 4 is 46.8 Å². The fourth-order valence-corrected chi connectivity index (χ4v) is 3.06. The maximum Gasteiger partial charge on any atom is 0.340 e. The predicted octanol–water partition coefficient (Wildman–Crippen LogP) is 3.75. The molecule has 0 saturated heterocycles. The second-order valence-electron chi connectivity index (χ2n) is 6.30. The molecule has 2 N–H and O–H groups in total. The number of carbonyl (C=O) groups excluding carboxylic acids is 3. The smallest absolute Gasteiger partial charge is 0.340 e. The van der Waals surface area contributed by atoms with Gasteiger partial charge in [-0.2, -0.15) is 0 Å². The summed E-state index contributed by atoms with van der Waals surface area (Å²) in [5.41, 5.74) is 1.12. The molecule has 1 fully saturated rings. The molecule has 2 aromatic rings. The zero-order valence-corrected chi connectivity index (χ0v) is 16.7. The molecule has 0 heterocycles. The number of amides is 2. The zero-order chi connectivity index (χ0) is 20.1. The summed E-state index contributed by atoms with van der Waals surface area (Å²) in [4.78, 5) is 37.2. The van der Waals surface area contributed by atoms with Crippen LogP contribution in [0.1, 0.15) is 33.6 Å². The molecule has 1 aliphatic carbocycles. The van der Waals surface area contributed by atoms with Crippen molar-refractivity contribution in [3.8, 4) is 0 Å². The van der Waals surface area contributed by atoms with Gasteiger partial charge in [-0.25, -0.2) is 4.79 Å². The normalized spacial score (nSPS) is 12.9. The molecule has 1 saturated carbocycles. The molecule has 8 heteroatoms. The minimum atomic E-state index is -0.673. The van der Waals surface area contributed by atoms with Gasteiger partial charge in [0.15, 0.2) is 6.61 Å². The van der Waals surface area contributed by atoms with Gasteiger partial charge in [-0.1, -0.05) is 17.7 Å². The molecule has 0 radical (unpaired) electrons. The molecule has 3 rings (SSSR count). The number of hydrogen-bond donors (Lipinski definition) is 2. The number of esters is 1. The summed E-state index contributed by atoms with van der Waals surface area (Å²) < 4.78 is 5.06. The van der Waals surface area contributed by atoms with Gasteiger partial charge >= 0.3 is 5.97 Å². The topological polar surface area (TPSA) is 84.5 Å². The second kappa shape index (κ2) is 9.12. The number of benzene rings is 2. The van der Waals surface area contributed by atoms with Crippen molar-refractivity contribution in [1.29, 1.82) is 0 Å². The number of thioether (sulfide) groups is 1. The van der Waals surface area contributed by atoms with Crippen LogP contribution in [0.5, 0.6) is 0 Å². The summed E-state index contributed by atoms with van der Waals surface area (Å²) in [6.45, 7) is -0.461. The van der Waals surface area contributed by atoms with Gasteiger partial charge in [0, 0.05) is 22.2 Å². The van der Waals surface area contributed by atoms with Gasteiger partial charge in [-0.15, -0.1) is 11.8 Å². The highest BCUT2D eigenvalue weighted by atomic mass is 35.5. The average molecular weight is 419 g/mol. The molecule has 0 unspecified atom stereocenters. The molecule has 0 bridgehead atoms. The third-order valence-corrected chi connectivity index (χ3v) is 5.10. The van der Waals surface area contributed by atoms with E-state index in [1.807, 2.05) is 6.26 Å². The summed E-state index contributed by atoms with van der Waals surface area (Å²) in [5.74, 6) is -1.35. The number of carbonyl (C=O) groups is 3. The van der Waals surface area contributed by atoms with E-state index < -0.39 is 18.5 Å². The first-order valence-corrected chi connectivity index (χ1v) is 10.3. The first-order valence-electron chi connectivity index (χ1n) is 8.67. The van der Waals surface area contributed by atoms with Crippen LogP contribution in [0.4, 0.5) is 5.69 Å². The fraction of sp³-hybridized carbons (Fsp3) is 0.250. The number of ether oxygens (including phenoxy) is 1. The molecule has 0 spiro atoms. The molecule has 0 aliphatic heterocycles. The highest BCUT2D eigenvalue weighted by Gasteiger charge is 2.23. The van der Waals surface area contributed by atoms with Crippen molar-refractivity contribution in [1.82, 2.24) is 5.32 Å². The zero-order valence-electron chi connectivity index (χ0n) is 15.2. The van der Waals surface area contributed by atoms with E-state index in [9.17, 15) is 14.4 Å². The Hall–Kier alpha value is -2.51. The lowest BCUT2D eigenvalue weighted by Gasteiger charge is -2.09. The van der Waals surface area contributed by atoms with Crippen LogP contribution in [0.2, 0.25) is 5.02 Å². The Bertz CT molecular complexity index is 915. The average Bonchev–Trinajstić information content (AvgIpc) is 3.50. The van der Waals surface area contributed by atoms with Crippen molar-refractivity contribution in [3.63, 3.8) is 0 Å². The molecule has 146 valence electrons. The minimum absolute atomic E-state index is 0.173. The van der Waals surface area contributed by atoms with Gasteiger partial charge in [0.2, 0.25) is 0 Å². The summed E-state index contributed by atoms with van der Waals surface area (Å²) in [6, 6.07) is 11.9. The van der Waals surface area contributed by atoms with Crippen LogP contribution in [-0.2, 0) is 9.53 Å². The van der Waals surface area contributed by atoms with E-state index in [-0.39, 0.29) is 22.5 Å². The fourth-order valence-electron chi connectivity index (χ4n) is 2.43. The summed E-state index contributed by atoms with van der Waals surface area (Å²) >= 11 is 7.50. The second-order valence-corrected chi connectivity index (χ2v) is 7.59. The number of anilines is 1. The standard InChI is InChI=1S/C20H19ClN2O4S/c1-28-15-7-8-17(21)16(10-15)20(26)27-11-18(24)22-14-4-2-3-12(9-14)19(25)23-13-5-6-13/h2-4,7-10,13H,5-6,11H2,1H3,(H,22,24)(H,23,25).